The maximum atomic E-state index is 12.8. The van der Waals surface area contributed by atoms with Gasteiger partial charge in [0.1, 0.15) is 21.4 Å². The number of aromatic nitrogens is 2. The molecule has 166 valence electrons. The molecular formula is C20H18N4O6S2. The zero-order valence-electron chi connectivity index (χ0n) is 17.1. The van der Waals surface area contributed by atoms with E-state index in [0.717, 1.165) is 16.2 Å². The van der Waals surface area contributed by atoms with Gasteiger partial charge in [-0.05, 0) is 24.3 Å². The van der Waals surface area contributed by atoms with Crippen molar-refractivity contribution in [2.75, 3.05) is 25.5 Å². The van der Waals surface area contributed by atoms with Crippen molar-refractivity contribution in [3.8, 4) is 11.5 Å². The summed E-state index contributed by atoms with van der Waals surface area (Å²) in [5, 5.41) is 8.35. The predicted molar refractivity (Wildman–Crippen MR) is 116 cm³/mol. The topological polar surface area (TPSA) is 128 Å². The molecule has 2 heterocycles. The van der Waals surface area contributed by atoms with E-state index in [-0.39, 0.29) is 40.6 Å². The number of sulfonamides is 1. The minimum absolute atomic E-state index is 0.0484. The molecule has 0 aliphatic carbocycles. The van der Waals surface area contributed by atoms with E-state index >= 15 is 0 Å². The second-order valence-electron chi connectivity index (χ2n) is 6.68. The molecule has 0 bridgehead atoms. The third-order valence-electron chi connectivity index (χ3n) is 4.78. The number of anilines is 1. The molecule has 2 amide bonds. The van der Waals surface area contributed by atoms with Crippen LogP contribution >= 0.6 is 11.3 Å². The van der Waals surface area contributed by atoms with Gasteiger partial charge in [-0.2, -0.15) is 0 Å². The Bertz CT molecular complexity index is 1270. The summed E-state index contributed by atoms with van der Waals surface area (Å²) in [6, 6.07) is 11.0. The number of fused-ring (bicyclic) bond motifs is 1. The minimum Gasteiger partial charge on any atom is -0.497 e. The van der Waals surface area contributed by atoms with Gasteiger partial charge in [0.05, 0.1) is 25.3 Å². The van der Waals surface area contributed by atoms with Crippen molar-refractivity contribution in [3.05, 3.63) is 58.6 Å². The number of hydrogen-bond donors (Lipinski definition) is 1. The van der Waals surface area contributed by atoms with E-state index in [1.165, 1.54) is 26.4 Å². The number of rotatable bonds is 8. The highest BCUT2D eigenvalue weighted by Crippen LogP contribution is 2.30. The predicted octanol–water partition coefficient (Wildman–Crippen LogP) is 2.19. The molecule has 0 atom stereocenters. The Hall–Kier alpha value is -3.51. The minimum atomic E-state index is -4.03. The number of imide groups is 1. The Labute approximate surface area is 187 Å². The van der Waals surface area contributed by atoms with Crippen LogP contribution < -0.4 is 14.2 Å². The van der Waals surface area contributed by atoms with Crippen LogP contribution in [0.5, 0.6) is 11.5 Å². The van der Waals surface area contributed by atoms with E-state index in [4.69, 9.17) is 9.47 Å². The van der Waals surface area contributed by atoms with Gasteiger partial charge < -0.3 is 9.47 Å². The molecule has 0 fully saturated rings. The highest BCUT2D eigenvalue weighted by molar-refractivity contribution is 7.93. The van der Waals surface area contributed by atoms with Crippen LogP contribution in [0.4, 0.5) is 5.13 Å². The normalized spacial score (nSPS) is 13.2. The van der Waals surface area contributed by atoms with Gasteiger partial charge in [0.2, 0.25) is 5.13 Å². The molecule has 0 radical (unpaired) electrons. The van der Waals surface area contributed by atoms with E-state index in [1.807, 2.05) is 0 Å². The highest BCUT2D eigenvalue weighted by atomic mass is 32.2. The number of benzene rings is 2. The molecule has 0 saturated carbocycles. The fraction of sp³-hybridized carbons (Fsp3) is 0.200. The van der Waals surface area contributed by atoms with Crippen LogP contribution in [0.15, 0.2) is 47.4 Å². The van der Waals surface area contributed by atoms with Crippen LogP contribution in [-0.2, 0) is 16.4 Å². The van der Waals surface area contributed by atoms with Crippen molar-refractivity contribution in [2.24, 2.45) is 0 Å². The first-order valence-corrected chi connectivity index (χ1v) is 11.7. The molecule has 0 spiro atoms. The Kier molecular flexibility index (Phi) is 5.80. The summed E-state index contributed by atoms with van der Waals surface area (Å²) >= 11 is 1.01. The number of methoxy groups -OCH3 is 2. The molecule has 1 aliphatic heterocycles. The summed E-state index contributed by atoms with van der Waals surface area (Å²) in [5.41, 5.74) is 0.742. The van der Waals surface area contributed by atoms with Crippen molar-refractivity contribution in [2.45, 2.75) is 11.3 Å². The van der Waals surface area contributed by atoms with E-state index in [9.17, 15) is 18.0 Å². The molecule has 10 nitrogen and oxygen atoms in total. The zero-order chi connectivity index (χ0) is 22.9. The molecule has 3 aromatic rings. The van der Waals surface area contributed by atoms with Gasteiger partial charge in [-0.15, -0.1) is 10.2 Å². The number of ether oxygens (including phenoxy) is 2. The largest absolute Gasteiger partial charge is 0.497 e. The molecule has 2 aromatic carbocycles. The zero-order valence-corrected chi connectivity index (χ0v) is 18.7. The lowest BCUT2D eigenvalue weighted by atomic mass is 10.1. The van der Waals surface area contributed by atoms with Crippen LogP contribution in [0.2, 0.25) is 0 Å². The summed E-state index contributed by atoms with van der Waals surface area (Å²) in [7, 11) is -1.23. The Balaban J connectivity index is 1.46. The standard InChI is InChI=1S/C20H18N4O6S2/c1-29-12-7-8-15(30-2)16(11-12)32(27,28)23-20-22-21-17(31-20)9-10-24-18(25)13-5-3-4-6-14(13)19(24)26/h3-8,11H,9-10H2,1-2H3,(H,22,23). The second-order valence-corrected chi connectivity index (χ2v) is 9.39. The van der Waals surface area contributed by atoms with Gasteiger partial charge >= 0.3 is 0 Å². The molecule has 1 aliphatic rings. The summed E-state index contributed by atoms with van der Waals surface area (Å²) in [5.74, 6) is -0.221. The van der Waals surface area contributed by atoms with Crippen LogP contribution in [-0.4, -0.2) is 56.1 Å². The molecule has 4 rings (SSSR count). The lowest BCUT2D eigenvalue weighted by molar-refractivity contribution is 0.0656. The molecule has 1 aromatic heterocycles. The second kappa shape index (κ2) is 8.55. The number of nitrogens with one attached hydrogen (secondary N) is 1. The first-order chi connectivity index (χ1) is 15.3. The first kappa shape index (κ1) is 21.7. The Morgan fingerprint density at radius 3 is 2.31 bits per heavy atom. The third-order valence-corrected chi connectivity index (χ3v) is 7.16. The van der Waals surface area contributed by atoms with Crippen LogP contribution in [0.25, 0.3) is 0 Å². The Morgan fingerprint density at radius 1 is 1.00 bits per heavy atom. The molecular weight excluding hydrogens is 456 g/mol. The van der Waals surface area contributed by atoms with E-state index in [0.29, 0.717) is 21.9 Å². The smallest absolute Gasteiger partial charge is 0.267 e. The fourth-order valence-electron chi connectivity index (χ4n) is 3.21. The summed E-state index contributed by atoms with van der Waals surface area (Å²) in [4.78, 5) is 25.9. The van der Waals surface area contributed by atoms with Gasteiger partial charge in [0.15, 0.2) is 0 Å². The summed E-state index contributed by atoms with van der Waals surface area (Å²) in [6.45, 7) is 0.109. The first-order valence-electron chi connectivity index (χ1n) is 9.36. The van der Waals surface area contributed by atoms with Gasteiger partial charge in [-0.25, -0.2) is 8.42 Å². The van der Waals surface area contributed by atoms with Gasteiger partial charge in [-0.1, -0.05) is 23.5 Å². The SMILES string of the molecule is COc1ccc(OC)c(S(=O)(=O)Nc2nnc(CCN3C(=O)c4ccccc4C3=O)s2)c1. The Morgan fingerprint density at radius 2 is 1.69 bits per heavy atom. The van der Waals surface area contributed by atoms with Crippen molar-refractivity contribution in [3.63, 3.8) is 0 Å². The molecule has 32 heavy (non-hydrogen) atoms. The van der Waals surface area contributed by atoms with E-state index < -0.39 is 10.0 Å². The van der Waals surface area contributed by atoms with Crippen LogP contribution in [0.1, 0.15) is 25.7 Å². The molecule has 0 unspecified atom stereocenters. The average molecular weight is 475 g/mol. The number of carbonyl (C=O) groups is 2. The highest BCUT2D eigenvalue weighted by Gasteiger charge is 2.34. The average Bonchev–Trinajstić information content (AvgIpc) is 3.33. The van der Waals surface area contributed by atoms with Gasteiger partial charge in [-0.3, -0.25) is 19.2 Å². The lowest BCUT2D eigenvalue weighted by Crippen LogP contribution is -2.31. The van der Waals surface area contributed by atoms with Crippen molar-refractivity contribution < 1.29 is 27.5 Å². The number of nitrogens with zero attached hydrogens (tertiary/aromatic N) is 3. The number of hydrogen-bond acceptors (Lipinski definition) is 9. The molecule has 12 heteroatoms. The lowest BCUT2D eigenvalue weighted by Gasteiger charge is -2.12. The van der Waals surface area contributed by atoms with Crippen molar-refractivity contribution >= 4 is 38.3 Å². The van der Waals surface area contributed by atoms with Crippen LogP contribution in [0.3, 0.4) is 0 Å². The van der Waals surface area contributed by atoms with Gasteiger partial charge in [0, 0.05) is 19.0 Å². The third kappa shape index (κ3) is 4.01. The fourth-order valence-corrected chi connectivity index (χ4v) is 5.35. The van der Waals surface area contributed by atoms with Gasteiger partial charge in [0.25, 0.3) is 21.8 Å². The summed E-state index contributed by atoms with van der Waals surface area (Å²) < 4.78 is 38.3. The number of amides is 2. The molecule has 1 N–H and O–H groups in total. The van der Waals surface area contributed by atoms with Crippen molar-refractivity contribution in [1.29, 1.82) is 0 Å². The maximum Gasteiger partial charge on any atom is 0.267 e. The monoisotopic (exact) mass is 474 g/mol. The summed E-state index contributed by atoms with van der Waals surface area (Å²) in [6.07, 6.45) is 0.243. The van der Waals surface area contributed by atoms with E-state index in [2.05, 4.69) is 14.9 Å². The van der Waals surface area contributed by atoms with Crippen molar-refractivity contribution in [1.82, 2.24) is 15.1 Å². The molecule has 0 saturated heterocycles. The maximum absolute atomic E-state index is 12.8. The number of carbonyl (C=O) groups excluding carboxylic acids is 2. The van der Waals surface area contributed by atoms with E-state index in [1.54, 1.807) is 30.3 Å². The van der Waals surface area contributed by atoms with Crippen LogP contribution in [0, 0.1) is 0 Å². The quantitative estimate of drug-likeness (QED) is 0.492.